The van der Waals surface area contributed by atoms with Gasteiger partial charge in [-0.3, -0.25) is 10.1 Å². The van der Waals surface area contributed by atoms with E-state index in [0.29, 0.717) is 19.0 Å². The molecule has 0 aromatic carbocycles. The number of esters is 1. The first-order valence-corrected chi connectivity index (χ1v) is 5.49. The third-order valence-corrected chi connectivity index (χ3v) is 2.94. The zero-order chi connectivity index (χ0) is 11.7. The Morgan fingerprint density at radius 1 is 1.69 bits per heavy atom. The molecule has 2 rings (SSSR count). The lowest BCUT2D eigenvalue weighted by atomic mass is 10.1. The number of fused-ring (bicyclic) bond motifs is 1. The molecule has 88 valence electrons. The zero-order valence-corrected chi connectivity index (χ0v) is 9.86. The smallest absolute Gasteiger partial charge is 0.323 e. The number of nitrogens with zero attached hydrogens (tertiary/aromatic N) is 2. The fraction of sp³-hybridized carbons (Fsp3) is 0.636. The largest absolute Gasteiger partial charge is 0.468 e. The molecule has 0 aliphatic carbocycles. The molecule has 5 nitrogen and oxygen atoms in total. The first-order valence-electron chi connectivity index (χ1n) is 5.49. The van der Waals surface area contributed by atoms with Gasteiger partial charge in [0.25, 0.3) is 0 Å². The number of carbonyl (C=O) groups is 1. The summed E-state index contributed by atoms with van der Waals surface area (Å²) in [6, 6.07) is 0.140. The Morgan fingerprint density at radius 2 is 2.44 bits per heavy atom. The molecule has 1 N–H and O–H groups in total. The molecule has 0 saturated carbocycles. The maximum absolute atomic E-state index is 11.4. The monoisotopic (exact) mass is 223 g/mol. The number of ether oxygens (including phenoxy) is 1. The van der Waals surface area contributed by atoms with Crippen LogP contribution < -0.4 is 5.32 Å². The highest BCUT2D eigenvalue weighted by molar-refractivity contribution is 5.76. The van der Waals surface area contributed by atoms with E-state index in [0.717, 1.165) is 5.69 Å². The third kappa shape index (κ3) is 1.82. The molecular weight excluding hydrogens is 206 g/mol. The highest BCUT2D eigenvalue weighted by Crippen LogP contribution is 2.19. The van der Waals surface area contributed by atoms with Crippen molar-refractivity contribution in [2.45, 2.75) is 38.9 Å². The second-order valence-corrected chi connectivity index (χ2v) is 4.30. The molecule has 0 amide bonds. The minimum absolute atomic E-state index is 0.218. The highest BCUT2D eigenvalue weighted by atomic mass is 16.5. The van der Waals surface area contributed by atoms with Crippen molar-refractivity contribution in [2.24, 2.45) is 0 Å². The third-order valence-electron chi connectivity index (χ3n) is 2.94. The van der Waals surface area contributed by atoms with Crippen LogP contribution in [0.4, 0.5) is 0 Å². The lowest BCUT2D eigenvalue weighted by molar-refractivity contribution is -0.143. The number of rotatable bonds is 2. The van der Waals surface area contributed by atoms with E-state index in [1.807, 2.05) is 6.33 Å². The van der Waals surface area contributed by atoms with Crippen LogP contribution in [0.1, 0.15) is 31.3 Å². The average Bonchev–Trinajstić information content (AvgIpc) is 2.70. The van der Waals surface area contributed by atoms with E-state index < -0.39 is 0 Å². The van der Waals surface area contributed by atoms with Crippen LogP contribution in [0.15, 0.2) is 6.33 Å². The quantitative estimate of drug-likeness (QED) is 0.748. The molecule has 0 radical (unpaired) electrons. The number of hydrogen-bond donors (Lipinski definition) is 1. The van der Waals surface area contributed by atoms with Gasteiger partial charge in [0.15, 0.2) is 0 Å². The minimum atomic E-state index is -0.256. The van der Waals surface area contributed by atoms with Crippen LogP contribution in [0.3, 0.4) is 0 Å². The molecule has 1 aliphatic heterocycles. The van der Waals surface area contributed by atoms with Crippen LogP contribution in [0.25, 0.3) is 0 Å². The van der Waals surface area contributed by atoms with Crippen molar-refractivity contribution in [3.8, 4) is 0 Å². The Bertz CT molecular complexity index is 398. The zero-order valence-electron chi connectivity index (χ0n) is 9.86. The first kappa shape index (κ1) is 11.1. The normalized spacial score (nSPS) is 19.6. The van der Waals surface area contributed by atoms with Crippen LogP contribution in [-0.4, -0.2) is 28.7 Å². The molecule has 0 saturated heterocycles. The Balaban J connectivity index is 2.20. The maximum Gasteiger partial charge on any atom is 0.323 e. The summed E-state index contributed by atoms with van der Waals surface area (Å²) < 4.78 is 6.86. The lowest BCUT2D eigenvalue weighted by Gasteiger charge is -2.23. The van der Waals surface area contributed by atoms with Gasteiger partial charge in [0, 0.05) is 19.0 Å². The van der Waals surface area contributed by atoms with Crippen LogP contribution in [0.5, 0.6) is 0 Å². The molecule has 0 unspecified atom stereocenters. The van der Waals surface area contributed by atoms with Crippen molar-refractivity contribution < 1.29 is 9.53 Å². The second kappa shape index (κ2) is 4.25. The molecule has 0 fully saturated rings. The Labute approximate surface area is 94.8 Å². The molecule has 1 aromatic heterocycles. The summed E-state index contributed by atoms with van der Waals surface area (Å²) in [6.07, 6.45) is 2.46. The topological polar surface area (TPSA) is 56.1 Å². The molecule has 0 bridgehead atoms. The van der Waals surface area contributed by atoms with E-state index >= 15 is 0 Å². The second-order valence-electron chi connectivity index (χ2n) is 4.30. The predicted octanol–water partition coefficient (Wildman–Crippen LogP) is 0.651. The molecular formula is C11H17N3O2. The van der Waals surface area contributed by atoms with Crippen molar-refractivity contribution in [3.63, 3.8) is 0 Å². The molecule has 5 heteroatoms. The molecule has 16 heavy (non-hydrogen) atoms. The number of imidazole rings is 1. The molecule has 2 heterocycles. The number of aromatic nitrogens is 2. The van der Waals surface area contributed by atoms with Gasteiger partial charge in [0.05, 0.1) is 24.8 Å². The van der Waals surface area contributed by atoms with E-state index in [4.69, 9.17) is 4.74 Å². The van der Waals surface area contributed by atoms with Crippen molar-refractivity contribution >= 4 is 5.97 Å². The Kier molecular flexibility index (Phi) is 2.96. The number of carbonyl (C=O) groups excluding carboxylic acids is 1. The van der Waals surface area contributed by atoms with E-state index in [-0.39, 0.29) is 12.0 Å². The molecule has 1 aliphatic rings. The van der Waals surface area contributed by atoms with E-state index in [9.17, 15) is 4.79 Å². The molecule has 1 aromatic rings. The van der Waals surface area contributed by atoms with Gasteiger partial charge >= 0.3 is 5.97 Å². The Hall–Kier alpha value is -1.36. The van der Waals surface area contributed by atoms with Gasteiger partial charge in [0.2, 0.25) is 0 Å². The van der Waals surface area contributed by atoms with Gasteiger partial charge < -0.3 is 9.30 Å². The minimum Gasteiger partial charge on any atom is -0.468 e. The molecule has 1 atom stereocenters. The highest BCUT2D eigenvalue weighted by Gasteiger charge is 2.28. The van der Waals surface area contributed by atoms with Gasteiger partial charge in [0.1, 0.15) is 6.04 Å². The van der Waals surface area contributed by atoms with Gasteiger partial charge in [-0.1, -0.05) is 0 Å². The van der Waals surface area contributed by atoms with Crippen LogP contribution in [-0.2, 0) is 22.5 Å². The summed E-state index contributed by atoms with van der Waals surface area (Å²) in [6.45, 7) is 4.91. The van der Waals surface area contributed by atoms with E-state index in [1.165, 1.54) is 12.8 Å². The summed E-state index contributed by atoms with van der Waals surface area (Å²) in [7, 11) is 1.41. The fourth-order valence-corrected chi connectivity index (χ4v) is 2.03. The van der Waals surface area contributed by atoms with E-state index in [1.54, 1.807) is 0 Å². The standard InChI is InChI=1S/C11H17N3O2/c1-7(2)14-6-13-8-4-9(11(15)16-3)12-5-10(8)14/h6-7,9,12H,4-5H2,1-3H3/t9-/m1/s1. The number of hydrogen-bond acceptors (Lipinski definition) is 4. The maximum atomic E-state index is 11.4. The van der Waals surface area contributed by atoms with Gasteiger partial charge in [-0.2, -0.15) is 0 Å². The average molecular weight is 223 g/mol. The fourth-order valence-electron chi connectivity index (χ4n) is 2.03. The van der Waals surface area contributed by atoms with Gasteiger partial charge in [-0.25, -0.2) is 4.98 Å². The molecule has 0 spiro atoms. The summed E-state index contributed by atoms with van der Waals surface area (Å²) in [5.74, 6) is -0.218. The van der Waals surface area contributed by atoms with Crippen molar-refractivity contribution in [2.75, 3.05) is 7.11 Å². The Morgan fingerprint density at radius 3 is 3.06 bits per heavy atom. The van der Waals surface area contributed by atoms with Gasteiger partial charge in [-0.15, -0.1) is 0 Å². The summed E-state index contributed by atoms with van der Waals surface area (Å²) >= 11 is 0. The number of methoxy groups -OCH3 is 1. The van der Waals surface area contributed by atoms with Crippen molar-refractivity contribution in [1.82, 2.24) is 14.9 Å². The first-order chi connectivity index (χ1) is 7.63. The number of nitrogens with one attached hydrogen (secondary N) is 1. The lowest BCUT2D eigenvalue weighted by Crippen LogP contribution is -2.43. The van der Waals surface area contributed by atoms with Crippen LogP contribution in [0, 0.1) is 0 Å². The predicted molar refractivity (Wildman–Crippen MR) is 59.0 cm³/mol. The van der Waals surface area contributed by atoms with Gasteiger partial charge in [-0.05, 0) is 13.8 Å². The van der Waals surface area contributed by atoms with Crippen LogP contribution in [0.2, 0.25) is 0 Å². The summed E-state index contributed by atoms with van der Waals surface area (Å²) in [5, 5.41) is 3.17. The summed E-state index contributed by atoms with van der Waals surface area (Å²) in [4.78, 5) is 15.8. The van der Waals surface area contributed by atoms with Crippen molar-refractivity contribution in [1.29, 1.82) is 0 Å². The van der Waals surface area contributed by atoms with E-state index in [2.05, 4.69) is 28.7 Å². The van der Waals surface area contributed by atoms with Crippen molar-refractivity contribution in [3.05, 3.63) is 17.7 Å². The summed E-state index contributed by atoms with van der Waals surface area (Å²) in [5.41, 5.74) is 2.18. The SMILES string of the molecule is COC(=O)[C@H]1Cc2ncn(C(C)C)c2CN1. The van der Waals surface area contributed by atoms with Crippen LogP contribution >= 0.6 is 0 Å².